The standard InChI is InChI=1S/C18H19ClN4O2/c1-11-8-13(16(25-2)10-21-11)18(24)20-7-3-4-17-22-14-6-5-12(19)9-15(14)23-17/h5-6,8-10H,3-4,7H2,1-2H3,(H,20,24)(H,22,23). The number of H-pyrrole nitrogens is 1. The number of carbonyl (C=O) groups excluding carboxylic acids is 1. The number of methoxy groups -OCH3 is 1. The normalized spacial score (nSPS) is 10.8. The van der Waals surface area contributed by atoms with E-state index in [2.05, 4.69) is 20.3 Å². The quantitative estimate of drug-likeness (QED) is 0.662. The number of carbonyl (C=O) groups is 1. The first-order chi connectivity index (χ1) is 12.1. The van der Waals surface area contributed by atoms with E-state index in [1.165, 1.54) is 7.11 Å². The first-order valence-electron chi connectivity index (χ1n) is 8.00. The fourth-order valence-corrected chi connectivity index (χ4v) is 2.77. The molecule has 0 fully saturated rings. The van der Waals surface area contributed by atoms with E-state index in [1.54, 1.807) is 12.3 Å². The fraction of sp³-hybridized carbons (Fsp3) is 0.278. The molecule has 1 amide bonds. The van der Waals surface area contributed by atoms with Crippen LogP contribution in [0.25, 0.3) is 11.0 Å². The Kier molecular flexibility index (Phi) is 5.19. The van der Waals surface area contributed by atoms with Crippen molar-refractivity contribution in [3.05, 3.63) is 52.6 Å². The number of pyridine rings is 1. The second-order valence-corrected chi connectivity index (χ2v) is 6.17. The van der Waals surface area contributed by atoms with Gasteiger partial charge >= 0.3 is 0 Å². The molecule has 0 saturated carbocycles. The highest BCUT2D eigenvalue weighted by Gasteiger charge is 2.12. The summed E-state index contributed by atoms with van der Waals surface area (Å²) in [6.07, 6.45) is 3.06. The number of imidazole rings is 1. The lowest BCUT2D eigenvalue weighted by Gasteiger charge is -2.09. The molecule has 1 aromatic carbocycles. The number of fused-ring (bicyclic) bond motifs is 1. The third-order valence-electron chi connectivity index (χ3n) is 3.84. The lowest BCUT2D eigenvalue weighted by atomic mass is 10.2. The van der Waals surface area contributed by atoms with Crippen LogP contribution >= 0.6 is 11.6 Å². The Hall–Kier alpha value is -2.60. The summed E-state index contributed by atoms with van der Waals surface area (Å²) < 4.78 is 5.19. The first-order valence-corrected chi connectivity index (χ1v) is 8.37. The molecule has 0 bridgehead atoms. The van der Waals surface area contributed by atoms with Gasteiger partial charge in [0, 0.05) is 23.7 Å². The fourth-order valence-electron chi connectivity index (χ4n) is 2.59. The summed E-state index contributed by atoms with van der Waals surface area (Å²) in [7, 11) is 1.52. The van der Waals surface area contributed by atoms with Crippen molar-refractivity contribution >= 4 is 28.5 Å². The van der Waals surface area contributed by atoms with E-state index in [-0.39, 0.29) is 5.91 Å². The molecule has 3 aromatic rings. The maximum Gasteiger partial charge on any atom is 0.255 e. The zero-order valence-electron chi connectivity index (χ0n) is 14.1. The van der Waals surface area contributed by atoms with E-state index in [9.17, 15) is 4.79 Å². The Morgan fingerprint density at radius 2 is 2.20 bits per heavy atom. The zero-order valence-corrected chi connectivity index (χ0v) is 14.9. The Bertz CT molecular complexity index is 907. The van der Waals surface area contributed by atoms with Gasteiger partial charge < -0.3 is 15.0 Å². The molecule has 0 radical (unpaired) electrons. The molecule has 6 nitrogen and oxygen atoms in total. The number of hydrogen-bond acceptors (Lipinski definition) is 4. The van der Waals surface area contributed by atoms with Crippen LogP contribution in [0.5, 0.6) is 5.75 Å². The lowest BCUT2D eigenvalue weighted by Crippen LogP contribution is -2.25. The minimum absolute atomic E-state index is 0.168. The summed E-state index contributed by atoms with van der Waals surface area (Å²) in [5.74, 6) is 1.18. The van der Waals surface area contributed by atoms with E-state index in [1.807, 2.05) is 25.1 Å². The third kappa shape index (κ3) is 4.09. The number of benzene rings is 1. The summed E-state index contributed by atoms with van der Waals surface area (Å²) in [6.45, 7) is 2.38. The lowest BCUT2D eigenvalue weighted by molar-refractivity contribution is 0.0950. The second-order valence-electron chi connectivity index (χ2n) is 5.73. The summed E-state index contributed by atoms with van der Waals surface area (Å²) >= 11 is 5.97. The number of nitrogens with one attached hydrogen (secondary N) is 2. The minimum Gasteiger partial charge on any atom is -0.494 e. The van der Waals surface area contributed by atoms with E-state index >= 15 is 0 Å². The SMILES string of the molecule is COc1cnc(C)cc1C(=O)NCCCc1nc2ccc(Cl)cc2[nH]1. The maximum atomic E-state index is 12.3. The van der Waals surface area contributed by atoms with Crippen LogP contribution in [0.1, 0.15) is 28.3 Å². The van der Waals surface area contributed by atoms with Crippen LogP contribution in [0.4, 0.5) is 0 Å². The van der Waals surface area contributed by atoms with E-state index in [0.717, 1.165) is 35.4 Å². The van der Waals surface area contributed by atoms with Crippen LogP contribution in [0.15, 0.2) is 30.5 Å². The molecule has 130 valence electrons. The molecule has 25 heavy (non-hydrogen) atoms. The predicted molar refractivity (Wildman–Crippen MR) is 97.3 cm³/mol. The van der Waals surface area contributed by atoms with Crippen LogP contribution in [-0.4, -0.2) is 34.5 Å². The smallest absolute Gasteiger partial charge is 0.255 e. The van der Waals surface area contributed by atoms with Crippen molar-refractivity contribution < 1.29 is 9.53 Å². The van der Waals surface area contributed by atoms with Crippen molar-refractivity contribution in [3.63, 3.8) is 0 Å². The van der Waals surface area contributed by atoms with Crippen molar-refractivity contribution in [2.75, 3.05) is 13.7 Å². The highest BCUT2D eigenvalue weighted by atomic mass is 35.5. The number of aromatic nitrogens is 3. The van der Waals surface area contributed by atoms with Crippen molar-refractivity contribution in [1.29, 1.82) is 0 Å². The van der Waals surface area contributed by atoms with Crippen molar-refractivity contribution in [1.82, 2.24) is 20.3 Å². The summed E-state index contributed by atoms with van der Waals surface area (Å²) in [5, 5.41) is 3.58. The molecule has 3 rings (SSSR count). The Morgan fingerprint density at radius 1 is 1.36 bits per heavy atom. The van der Waals surface area contributed by atoms with E-state index in [0.29, 0.717) is 22.9 Å². The van der Waals surface area contributed by atoms with Crippen LogP contribution in [0, 0.1) is 6.92 Å². The van der Waals surface area contributed by atoms with Crippen molar-refractivity contribution in [2.45, 2.75) is 19.8 Å². The number of rotatable bonds is 6. The van der Waals surface area contributed by atoms with Gasteiger partial charge in [-0.15, -0.1) is 0 Å². The maximum absolute atomic E-state index is 12.3. The van der Waals surface area contributed by atoms with Crippen LogP contribution in [-0.2, 0) is 6.42 Å². The average Bonchev–Trinajstić information content (AvgIpc) is 3.00. The Labute approximate surface area is 150 Å². The van der Waals surface area contributed by atoms with Gasteiger partial charge in [0.1, 0.15) is 11.6 Å². The van der Waals surface area contributed by atoms with E-state index < -0.39 is 0 Å². The summed E-state index contributed by atoms with van der Waals surface area (Å²) in [5.41, 5.74) is 3.07. The van der Waals surface area contributed by atoms with Crippen LogP contribution < -0.4 is 10.1 Å². The zero-order chi connectivity index (χ0) is 17.8. The average molecular weight is 359 g/mol. The van der Waals surface area contributed by atoms with Gasteiger partial charge in [0.15, 0.2) is 0 Å². The van der Waals surface area contributed by atoms with Gasteiger partial charge in [-0.2, -0.15) is 0 Å². The molecule has 0 spiro atoms. The number of halogens is 1. The largest absolute Gasteiger partial charge is 0.494 e. The number of aromatic amines is 1. The highest BCUT2D eigenvalue weighted by molar-refractivity contribution is 6.31. The molecule has 7 heteroatoms. The van der Waals surface area contributed by atoms with Crippen molar-refractivity contribution in [3.8, 4) is 5.75 Å². The number of amides is 1. The van der Waals surface area contributed by atoms with Gasteiger partial charge in [-0.1, -0.05) is 11.6 Å². The molecular weight excluding hydrogens is 340 g/mol. The van der Waals surface area contributed by atoms with Gasteiger partial charge in [-0.25, -0.2) is 4.98 Å². The third-order valence-corrected chi connectivity index (χ3v) is 4.07. The number of aryl methyl sites for hydroxylation is 2. The molecule has 2 N–H and O–H groups in total. The Balaban J connectivity index is 1.55. The minimum atomic E-state index is -0.168. The van der Waals surface area contributed by atoms with Crippen LogP contribution in [0.2, 0.25) is 5.02 Å². The van der Waals surface area contributed by atoms with Crippen LogP contribution in [0.3, 0.4) is 0 Å². The second kappa shape index (κ2) is 7.53. The first kappa shape index (κ1) is 17.2. The summed E-state index contributed by atoms with van der Waals surface area (Å²) in [6, 6.07) is 7.28. The molecular formula is C18H19ClN4O2. The van der Waals surface area contributed by atoms with E-state index in [4.69, 9.17) is 16.3 Å². The van der Waals surface area contributed by atoms with Gasteiger partial charge in [0.25, 0.3) is 5.91 Å². The molecule has 0 unspecified atom stereocenters. The molecule has 0 aliphatic rings. The predicted octanol–water partition coefficient (Wildman–Crippen LogP) is 3.29. The van der Waals surface area contributed by atoms with Crippen molar-refractivity contribution in [2.24, 2.45) is 0 Å². The molecule has 0 aliphatic heterocycles. The number of hydrogen-bond donors (Lipinski definition) is 2. The molecule has 0 saturated heterocycles. The summed E-state index contributed by atoms with van der Waals surface area (Å²) in [4.78, 5) is 24.2. The van der Waals surface area contributed by atoms with Gasteiger partial charge in [0.05, 0.1) is 29.9 Å². The van der Waals surface area contributed by atoms with Gasteiger partial charge in [-0.3, -0.25) is 9.78 Å². The highest BCUT2D eigenvalue weighted by Crippen LogP contribution is 2.18. The number of nitrogens with zero attached hydrogens (tertiary/aromatic N) is 2. The van der Waals surface area contributed by atoms with Gasteiger partial charge in [0.2, 0.25) is 0 Å². The Morgan fingerprint density at radius 3 is 3.00 bits per heavy atom. The molecule has 2 aromatic heterocycles. The topological polar surface area (TPSA) is 79.9 Å². The molecule has 2 heterocycles. The number of ether oxygens (including phenoxy) is 1. The molecule has 0 aliphatic carbocycles. The molecule has 0 atom stereocenters. The monoisotopic (exact) mass is 358 g/mol. The van der Waals surface area contributed by atoms with Gasteiger partial charge in [-0.05, 0) is 37.6 Å².